The van der Waals surface area contributed by atoms with Gasteiger partial charge in [-0.2, -0.15) is 0 Å². The molecule has 1 aromatic rings. The molecule has 5 heteroatoms. The van der Waals surface area contributed by atoms with E-state index in [2.05, 4.69) is 0 Å². The van der Waals surface area contributed by atoms with Crippen LogP contribution in [-0.2, 0) is 14.6 Å². The fourth-order valence-corrected chi connectivity index (χ4v) is 2.17. The maximum Gasteiger partial charge on any atom is 0.329 e. The van der Waals surface area contributed by atoms with E-state index in [9.17, 15) is 13.2 Å². The van der Waals surface area contributed by atoms with Crippen LogP contribution < -0.4 is 0 Å². The predicted octanol–water partition coefficient (Wildman–Crippen LogP) is 1.68. The first-order valence-corrected chi connectivity index (χ1v) is 6.11. The Hall–Kier alpha value is -1.62. The average Bonchev–Trinajstić information content (AvgIpc) is 2.19. The minimum atomic E-state index is -3.66. The van der Waals surface area contributed by atoms with Crippen molar-refractivity contribution < 1.29 is 18.3 Å². The fraction of sp³-hybridized carbons (Fsp3) is 0.182. The van der Waals surface area contributed by atoms with Crippen LogP contribution in [0.4, 0.5) is 0 Å². The SMILES string of the molecule is Cc1ccc(S(=O)(=O)/C=C/C(=O)O)cc1C. The molecule has 0 heterocycles. The quantitative estimate of drug-likeness (QED) is 0.816. The number of carboxylic acid groups (broad SMARTS) is 1. The summed E-state index contributed by atoms with van der Waals surface area (Å²) in [6, 6.07) is 4.68. The zero-order valence-electron chi connectivity index (χ0n) is 8.97. The molecule has 0 aliphatic heterocycles. The van der Waals surface area contributed by atoms with Gasteiger partial charge in [0.1, 0.15) is 0 Å². The van der Waals surface area contributed by atoms with E-state index < -0.39 is 15.8 Å². The van der Waals surface area contributed by atoms with Gasteiger partial charge < -0.3 is 5.11 Å². The highest BCUT2D eigenvalue weighted by atomic mass is 32.2. The lowest BCUT2D eigenvalue weighted by molar-refractivity contribution is -0.131. The summed E-state index contributed by atoms with van der Waals surface area (Å²) in [5.74, 6) is -1.28. The molecule has 0 radical (unpaired) electrons. The van der Waals surface area contributed by atoms with Crippen molar-refractivity contribution >= 4 is 15.8 Å². The van der Waals surface area contributed by atoms with Gasteiger partial charge in [0.15, 0.2) is 9.84 Å². The Morgan fingerprint density at radius 2 is 1.88 bits per heavy atom. The maximum atomic E-state index is 11.7. The summed E-state index contributed by atoms with van der Waals surface area (Å²) in [5.41, 5.74) is 1.84. The van der Waals surface area contributed by atoms with Crippen LogP contribution in [0.5, 0.6) is 0 Å². The highest BCUT2D eigenvalue weighted by Gasteiger charge is 2.11. The van der Waals surface area contributed by atoms with E-state index in [1.807, 2.05) is 6.92 Å². The molecule has 0 aliphatic carbocycles. The molecule has 86 valence electrons. The molecule has 0 spiro atoms. The maximum absolute atomic E-state index is 11.7. The van der Waals surface area contributed by atoms with Gasteiger partial charge in [0.2, 0.25) is 0 Å². The number of rotatable bonds is 3. The molecule has 0 saturated carbocycles. The second kappa shape index (κ2) is 4.49. The van der Waals surface area contributed by atoms with Gasteiger partial charge in [0.05, 0.1) is 4.90 Å². The monoisotopic (exact) mass is 240 g/mol. The van der Waals surface area contributed by atoms with Gasteiger partial charge in [-0.25, -0.2) is 13.2 Å². The molecular weight excluding hydrogens is 228 g/mol. The van der Waals surface area contributed by atoms with Gasteiger partial charge in [-0.15, -0.1) is 0 Å². The molecule has 0 aliphatic rings. The largest absolute Gasteiger partial charge is 0.478 e. The summed E-state index contributed by atoms with van der Waals surface area (Å²) in [7, 11) is -3.66. The van der Waals surface area contributed by atoms with Crippen LogP contribution in [0.2, 0.25) is 0 Å². The van der Waals surface area contributed by atoms with Crippen molar-refractivity contribution in [1.82, 2.24) is 0 Å². The minimum absolute atomic E-state index is 0.105. The highest BCUT2D eigenvalue weighted by molar-refractivity contribution is 7.94. The number of carboxylic acids is 1. The molecule has 1 aromatic carbocycles. The van der Waals surface area contributed by atoms with Gasteiger partial charge in [-0.1, -0.05) is 6.07 Å². The molecular formula is C11H12O4S. The van der Waals surface area contributed by atoms with Crippen LogP contribution in [0.3, 0.4) is 0 Å². The first kappa shape index (κ1) is 12.4. The summed E-state index contributed by atoms with van der Waals surface area (Å²) < 4.78 is 23.3. The molecule has 1 rings (SSSR count). The number of hydrogen-bond acceptors (Lipinski definition) is 3. The van der Waals surface area contributed by atoms with E-state index in [0.717, 1.165) is 11.1 Å². The minimum Gasteiger partial charge on any atom is -0.478 e. The van der Waals surface area contributed by atoms with Crippen molar-refractivity contribution in [3.63, 3.8) is 0 Å². The van der Waals surface area contributed by atoms with Crippen LogP contribution in [-0.4, -0.2) is 19.5 Å². The van der Waals surface area contributed by atoms with Crippen LogP contribution in [0.25, 0.3) is 0 Å². The topological polar surface area (TPSA) is 71.4 Å². The van der Waals surface area contributed by atoms with Crippen molar-refractivity contribution in [3.8, 4) is 0 Å². The molecule has 0 amide bonds. The molecule has 0 unspecified atom stereocenters. The van der Waals surface area contributed by atoms with E-state index in [1.165, 1.54) is 12.1 Å². The number of aryl methyl sites for hydroxylation is 2. The van der Waals surface area contributed by atoms with Gasteiger partial charge in [-0.05, 0) is 37.1 Å². The Bertz CT molecular complexity index is 541. The Morgan fingerprint density at radius 3 is 2.38 bits per heavy atom. The number of hydrogen-bond donors (Lipinski definition) is 1. The first-order valence-electron chi connectivity index (χ1n) is 4.56. The molecule has 4 nitrogen and oxygen atoms in total. The van der Waals surface area contributed by atoms with Crippen LogP contribution >= 0.6 is 0 Å². The standard InChI is InChI=1S/C11H12O4S/c1-8-3-4-10(7-9(8)2)16(14,15)6-5-11(12)13/h3-7H,1-2H3,(H,12,13)/b6-5+. The van der Waals surface area contributed by atoms with Crippen LogP contribution in [0.15, 0.2) is 34.6 Å². The smallest absolute Gasteiger partial charge is 0.329 e. The fourth-order valence-electron chi connectivity index (χ4n) is 1.12. The van der Waals surface area contributed by atoms with Crippen molar-refractivity contribution in [2.24, 2.45) is 0 Å². The second-order valence-corrected chi connectivity index (χ2v) is 5.27. The van der Waals surface area contributed by atoms with E-state index in [1.54, 1.807) is 13.0 Å². The first-order chi connectivity index (χ1) is 7.33. The summed E-state index contributed by atoms with van der Waals surface area (Å²) in [5, 5.41) is 9.07. The van der Waals surface area contributed by atoms with Crippen LogP contribution in [0.1, 0.15) is 11.1 Å². The van der Waals surface area contributed by atoms with E-state index in [-0.39, 0.29) is 4.90 Å². The zero-order valence-corrected chi connectivity index (χ0v) is 9.78. The normalized spacial score (nSPS) is 11.9. The molecule has 0 saturated heterocycles. The lowest BCUT2D eigenvalue weighted by Gasteiger charge is -2.03. The Balaban J connectivity index is 3.18. The summed E-state index contributed by atoms with van der Waals surface area (Å²) in [4.78, 5) is 10.4. The molecule has 0 bridgehead atoms. The van der Waals surface area contributed by atoms with Crippen molar-refractivity contribution in [2.45, 2.75) is 18.7 Å². The molecule has 16 heavy (non-hydrogen) atoms. The third-order valence-corrected chi connectivity index (χ3v) is 3.60. The summed E-state index contributed by atoms with van der Waals surface area (Å²) in [6.45, 7) is 3.67. The lowest BCUT2D eigenvalue weighted by atomic mass is 10.1. The lowest BCUT2D eigenvalue weighted by Crippen LogP contribution is -1.99. The number of benzene rings is 1. The summed E-state index contributed by atoms with van der Waals surface area (Å²) >= 11 is 0. The van der Waals surface area contributed by atoms with Crippen molar-refractivity contribution in [3.05, 3.63) is 40.8 Å². The number of sulfone groups is 1. The van der Waals surface area contributed by atoms with E-state index >= 15 is 0 Å². The molecule has 0 atom stereocenters. The van der Waals surface area contributed by atoms with E-state index in [4.69, 9.17) is 5.11 Å². The van der Waals surface area contributed by atoms with Crippen molar-refractivity contribution in [2.75, 3.05) is 0 Å². The number of aliphatic carboxylic acids is 1. The number of carbonyl (C=O) groups is 1. The Kier molecular flexibility index (Phi) is 3.49. The highest BCUT2D eigenvalue weighted by Crippen LogP contribution is 2.16. The molecule has 0 fully saturated rings. The van der Waals surface area contributed by atoms with Gasteiger partial charge in [0.25, 0.3) is 0 Å². The molecule has 1 N–H and O–H groups in total. The van der Waals surface area contributed by atoms with E-state index in [0.29, 0.717) is 11.5 Å². The predicted molar refractivity (Wildman–Crippen MR) is 59.9 cm³/mol. The summed E-state index contributed by atoms with van der Waals surface area (Å²) in [6.07, 6.45) is 0.616. The van der Waals surface area contributed by atoms with Gasteiger partial charge >= 0.3 is 5.97 Å². The van der Waals surface area contributed by atoms with Gasteiger partial charge in [0, 0.05) is 11.5 Å². The Morgan fingerprint density at radius 1 is 1.25 bits per heavy atom. The second-order valence-electron chi connectivity index (χ2n) is 3.43. The van der Waals surface area contributed by atoms with Crippen molar-refractivity contribution in [1.29, 1.82) is 0 Å². The Labute approximate surface area is 94.1 Å². The molecule has 0 aromatic heterocycles. The third-order valence-electron chi connectivity index (χ3n) is 2.20. The zero-order chi connectivity index (χ0) is 12.3. The van der Waals surface area contributed by atoms with Gasteiger partial charge in [-0.3, -0.25) is 0 Å². The average molecular weight is 240 g/mol. The third kappa shape index (κ3) is 2.93. The van der Waals surface area contributed by atoms with Crippen LogP contribution in [0, 0.1) is 13.8 Å².